The highest BCUT2D eigenvalue weighted by Gasteiger charge is 2.33. The minimum atomic E-state index is -4.45. The van der Waals surface area contributed by atoms with Crippen LogP contribution < -0.4 is 0 Å². The summed E-state index contributed by atoms with van der Waals surface area (Å²) in [5.41, 5.74) is 0.735. The van der Waals surface area contributed by atoms with E-state index < -0.39 is 11.7 Å². The molecule has 5 nitrogen and oxygen atoms in total. The average molecular weight is 318 g/mol. The Balaban J connectivity index is 2.07. The maximum atomic E-state index is 13.3. The molecule has 0 N–H and O–H groups in total. The van der Waals surface area contributed by atoms with Crippen molar-refractivity contribution in [3.8, 4) is 11.5 Å². The van der Waals surface area contributed by atoms with Crippen LogP contribution in [0.25, 0.3) is 28.1 Å². The second kappa shape index (κ2) is 4.55. The zero-order chi connectivity index (χ0) is 16.2. The van der Waals surface area contributed by atoms with Gasteiger partial charge in [0.15, 0.2) is 12.2 Å². The molecule has 0 radical (unpaired) electrons. The van der Waals surface area contributed by atoms with Gasteiger partial charge < -0.3 is 4.42 Å². The summed E-state index contributed by atoms with van der Waals surface area (Å²) in [5.74, 6) is 0.436. The fourth-order valence-electron chi connectivity index (χ4n) is 2.55. The Labute approximate surface area is 127 Å². The number of imidazole rings is 1. The van der Waals surface area contributed by atoms with Gasteiger partial charge in [-0.25, -0.2) is 15.0 Å². The lowest BCUT2D eigenvalue weighted by Crippen LogP contribution is -2.08. The van der Waals surface area contributed by atoms with Crippen molar-refractivity contribution in [1.29, 1.82) is 0 Å². The van der Waals surface area contributed by atoms with Gasteiger partial charge in [-0.2, -0.15) is 13.2 Å². The maximum Gasteiger partial charge on any atom is 0.417 e. The summed E-state index contributed by atoms with van der Waals surface area (Å²) < 4.78 is 46.5. The third-order valence-electron chi connectivity index (χ3n) is 3.52. The van der Waals surface area contributed by atoms with Crippen LogP contribution in [-0.2, 0) is 6.18 Å². The van der Waals surface area contributed by atoms with E-state index in [0.717, 1.165) is 6.07 Å². The van der Waals surface area contributed by atoms with Crippen LogP contribution in [-0.4, -0.2) is 19.4 Å². The van der Waals surface area contributed by atoms with Crippen LogP contribution in [0, 0.1) is 6.92 Å². The zero-order valence-electron chi connectivity index (χ0n) is 11.8. The van der Waals surface area contributed by atoms with E-state index >= 15 is 0 Å². The number of aromatic nitrogens is 4. The first kappa shape index (κ1) is 13.7. The number of fused-ring (bicyclic) bond motifs is 3. The Morgan fingerprint density at radius 1 is 1.17 bits per heavy atom. The Kier molecular flexibility index (Phi) is 2.72. The molecule has 4 rings (SSSR count). The first-order valence-corrected chi connectivity index (χ1v) is 6.69. The minimum Gasteiger partial charge on any atom is -0.442 e. The van der Waals surface area contributed by atoms with Gasteiger partial charge in [0.05, 0.1) is 11.8 Å². The molecule has 0 unspecified atom stereocenters. The van der Waals surface area contributed by atoms with Gasteiger partial charge in [-0.3, -0.25) is 4.40 Å². The second-order valence-electron chi connectivity index (χ2n) is 5.10. The number of oxazole rings is 1. The molecule has 0 saturated heterocycles. The molecule has 0 aliphatic rings. The lowest BCUT2D eigenvalue weighted by molar-refractivity contribution is -0.136. The Morgan fingerprint density at radius 3 is 2.70 bits per heavy atom. The summed E-state index contributed by atoms with van der Waals surface area (Å²) in [5, 5.41) is 0.0251. The van der Waals surface area contributed by atoms with Gasteiger partial charge in [0.2, 0.25) is 0 Å². The van der Waals surface area contributed by atoms with E-state index in [2.05, 4.69) is 15.0 Å². The molecule has 0 aliphatic carbocycles. The summed E-state index contributed by atoms with van der Waals surface area (Å²) >= 11 is 0. The van der Waals surface area contributed by atoms with Crippen molar-refractivity contribution in [3.63, 3.8) is 0 Å². The zero-order valence-corrected chi connectivity index (χ0v) is 11.8. The molecule has 0 aliphatic heterocycles. The van der Waals surface area contributed by atoms with E-state index in [1.165, 1.54) is 36.0 Å². The largest absolute Gasteiger partial charge is 0.442 e. The van der Waals surface area contributed by atoms with E-state index in [9.17, 15) is 13.2 Å². The van der Waals surface area contributed by atoms with Gasteiger partial charge in [-0.05, 0) is 25.1 Å². The van der Waals surface area contributed by atoms with Crippen molar-refractivity contribution in [2.75, 3.05) is 0 Å². The first-order chi connectivity index (χ1) is 10.9. The third kappa shape index (κ3) is 2.14. The number of pyridine rings is 2. The van der Waals surface area contributed by atoms with Crippen LogP contribution in [0.5, 0.6) is 0 Å². The molecule has 0 aromatic carbocycles. The predicted molar refractivity (Wildman–Crippen MR) is 75.7 cm³/mol. The van der Waals surface area contributed by atoms with E-state index in [-0.39, 0.29) is 16.7 Å². The molecule has 0 fully saturated rings. The van der Waals surface area contributed by atoms with Crippen LogP contribution >= 0.6 is 0 Å². The van der Waals surface area contributed by atoms with Crippen molar-refractivity contribution in [2.45, 2.75) is 13.1 Å². The molecule has 0 amide bonds. The van der Waals surface area contributed by atoms with Crippen LogP contribution in [0.1, 0.15) is 11.3 Å². The number of halogens is 3. The van der Waals surface area contributed by atoms with E-state index in [1.54, 1.807) is 6.20 Å². The van der Waals surface area contributed by atoms with Gasteiger partial charge in [0, 0.05) is 17.3 Å². The highest BCUT2D eigenvalue weighted by Crippen LogP contribution is 2.35. The fourth-order valence-corrected chi connectivity index (χ4v) is 2.55. The summed E-state index contributed by atoms with van der Waals surface area (Å²) in [6.45, 7) is 1.53. The normalized spacial score (nSPS) is 12.3. The predicted octanol–water partition coefficient (Wildman–Crippen LogP) is 3.86. The molecule has 0 atom stereocenters. The average Bonchev–Trinajstić information content (AvgIpc) is 3.14. The minimum absolute atomic E-state index is 0.0251. The molecule has 0 bridgehead atoms. The third-order valence-corrected chi connectivity index (χ3v) is 3.52. The van der Waals surface area contributed by atoms with Crippen molar-refractivity contribution < 1.29 is 17.6 Å². The standard InChI is InChI=1S/C15H9F3N4O/c1-8-4-10(15(16,17)18)9-2-3-13-21-11(12-5-19-7-23-12)6-22(13)14(9)20-8/h2-7H,1H3. The highest BCUT2D eigenvalue weighted by molar-refractivity contribution is 5.83. The number of aryl methyl sites for hydroxylation is 1. The Bertz CT molecular complexity index is 1020. The molecule has 116 valence electrons. The van der Waals surface area contributed by atoms with Gasteiger partial charge in [-0.1, -0.05) is 0 Å². The lowest BCUT2D eigenvalue weighted by atomic mass is 10.1. The number of hydrogen-bond acceptors (Lipinski definition) is 4. The first-order valence-electron chi connectivity index (χ1n) is 6.69. The fraction of sp³-hybridized carbons (Fsp3) is 0.133. The van der Waals surface area contributed by atoms with Gasteiger partial charge >= 0.3 is 6.18 Å². The summed E-state index contributed by atoms with van der Waals surface area (Å²) in [6, 6.07) is 3.95. The van der Waals surface area contributed by atoms with Crippen LogP contribution in [0.3, 0.4) is 0 Å². The van der Waals surface area contributed by atoms with Crippen molar-refractivity contribution in [1.82, 2.24) is 19.4 Å². The van der Waals surface area contributed by atoms with Crippen molar-refractivity contribution in [2.24, 2.45) is 0 Å². The molecule has 23 heavy (non-hydrogen) atoms. The highest BCUT2D eigenvalue weighted by atomic mass is 19.4. The summed E-state index contributed by atoms with van der Waals surface area (Å²) in [4.78, 5) is 12.4. The van der Waals surface area contributed by atoms with Gasteiger partial charge in [-0.15, -0.1) is 0 Å². The number of hydrogen-bond donors (Lipinski definition) is 0. The van der Waals surface area contributed by atoms with E-state index in [4.69, 9.17) is 4.42 Å². The molecule has 4 heterocycles. The Hall–Kier alpha value is -2.90. The monoisotopic (exact) mass is 318 g/mol. The van der Waals surface area contributed by atoms with E-state index in [0.29, 0.717) is 17.1 Å². The number of alkyl halides is 3. The number of rotatable bonds is 1. The molecule has 0 spiro atoms. The molecular formula is C15H9F3N4O. The Morgan fingerprint density at radius 2 is 2.00 bits per heavy atom. The summed E-state index contributed by atoms with van der Waals surface area (Å²) in [7, 11) is 0. The van der Waals surface area contributed by atoms with Crippen molar-refractivity contribution in [3.05, 3.63) is 48.2 Å². The van der Waals surface area contributed by atoms with Crippen LogP contribution in [0.4, 0.5) is 13.2 Å². The molecule has 4 aromatic rings. The lowest BCUT2D eigenvalue weighted by Gasteiger charge is -2.11. The smallest absolute Gasteiger partial charge is 0.417 e. The molecule has 4 aromatic heterocycles. The molecule has 0 saturated carbocycles. The second-order valence-corrected chi connectivity index (χ2v) is 5.10. The van der Waals surface area contributed by atoms with Gasteiger partial charge in [0.25, 0.3) is 0 Å². The topological polar surface area (TPSA) is 56.2 Å². The SMILES string of the molecule is Cc1cc(C(F)(F)F)c2ccc3nc(-c4cnco4)cn3c2n1. The van der Waals surface area contributed by atoms with Crippen molar-refractivity contribution >= 4 is 16.7 Å². The quantitative estimate of drug-likeness (QED) is 0.535. The van der Waals surface area contributed by atoms with E-state index in [1.807, 2.05) is 0 Å². The van der Waals surface area contributed by atoms with Crippen LogP contribution in [0.15, 0.2) is 41.4 Å². The molecular weight excluding hydrogens is 309 g/mol. The summed E-state index contributed by atoms with van der Waals surface area (Å²) in [6.07, 6.45) is -0.107. The molecule has 8 heteroatoms. The maximum absolute atomic E-state index is 13.3. The van der Waals surface area contributed by atoms with Crippen LogP contribution in [0.2, 0.25) is 0 Å². The number of nitrogens with zero attached hydrogens (tertiary/aromatic N) is 4. The van der Waals surface area contributed by atoms with Gasteiger partial charge in [0.1, 0.15) is 17.0 Å².